The van der Waals surface area contributed by atoms with Crippen molar-refractivity contribution in [2.75, 3.05) is 31.1 Å². The molecule has 2 aromatic rings. The average molecular weight is 276 g/mol. The van der Waals surface area contributed by atoms with E-state index >= 15 is 0 Å². The highest BCUT2D eigenvalue weighted by Crippen LogP contribution is 2.30. The van der Waals surface area contributed by atoms with Gasteiger partial charge in [-0.15, -0.1) is 0 Å². The van der Waals surface area contributed by atoms with E-state index in [1.807, 2.05) is 0 Å². The number of hydrogen-bond donors (Lipinski definition) is 1. The average Bonchev–Trinajstić information content (AvgIpc) is 3.00. The Balaban J connectivity index is 1.69. The lowest BCUT2D eigenvalue weighted by Gasteiger charge is -2.18. The number of benzene rings is 1. The second kappa shape index (κ2) is 4.34. The summed E-state index contributed by atoms with van der Waals surface area (Å²) in [5, 5.41) is 3.39. The van der Waals surface area contributed by atoms with Crippen molar-refractivity contribution < 1.29 is 8.78 Å². The maximum Gasteiger partial charge on any atom is 0.161 e. The normalized spacial score (nSPS) is 25.4. The Labute approximate surface area is 114 Å². The molecule has 2 aliphatic rings. The lowest BCUT2D eigenvalue weighted by molar-refractivity contribution is 0.510. The van der Waals surface area contributed by atoms with E-state index in [4.69, 9.17) is 0 Å². The number of nitrogens with one attached hydrogen (secondary N) is 1. The molecule has 0 bridgehead atoms. The second-order valence-electron chi connectivity index (χ2n) is 5.57. The Hall–Kier alpha value is -1.82. The lowest BCUT2D eigenvalue weighted by Crippen LogP contribution is -2.26. The number of rotatable bonds is 1. The molecule has 2 aliphatic heterocycles. The van der Waals surface area contributed by atoms with Crippen molar-refractivity contribution in [2.45, 2.75) is 0 Å². The molecule has 104 valence electrons. The molecule has 4 rings (SSSR count). The lowest BCUT2D eigenvalue weighted by atomic mass is 10.0. The zero-order chi connectivity index (χ0) is 13.7. The van der Waals surface area contributed by atoms with Crippen LogP contribution in [-0.4, -0.2) is 36.1 Å². The van der Waals surface area contributed by atoms with Crippen molar-refractivity contribution in [3.8, 4) is 0 Å². The first-order chi connectivity index (χ1) is 9.70. The fourth-order valence-electron chi connectivity index (χ4n) is 3.19. The van der Waals surface area contributed by atoms with Crippen LogP contribution in [0.15, 0.2) is 18.3 Å². The monoisotopic (exact) mass is 276 g/mol. The van der Waals surface area contributed by atoms with Crippen LogP contribution in [0.25, 0.3) is 11.0 Å². The maximum atomic E-state index is 13.3. The molecule has 0 amide bonds. The van der Waals surface area contributed by atoms with E-state index in [-0.39, 0.29) is 0 Å². The van der Waals surface area contributed by atoms with Gasteiger partial charge in [0.2, 0.25) is 0 Å². The molecular formula is C14H14F2N4. The van der Waals surface area contributed by atoms with Gasteiger partial charge in [-0.05, 0) is 11.8 Å². The van der Waals surface area contributed by atoms with Gasteiger partial charge in [0.1, 0.15) is 5.82 Å². The SMILES string of the molecule is Fc1cc2ncc(N3CC4CNCC4C3)nc2cc1F. The van der Waals surface area contributed by atoms with Gasteiger partial charge >= 0.3 is 0 Å². The van der Waals surface area contributed by atoms with E-state index < -0.39 is 11.6 Å². The minimum atomic E-state index is -0.888. The highest BCUT2D eigenvalue weighted by molar-refractivity contribution is 5.75. The van der Waals surface area contributed by atoms with Gasteiger partial charge in [-0.25, -0.2) is 13.8 Å². The highest BCUT2D eigenvalue weighted by Gasteiger charge is 2.36. The van der Waals surface area contributed by atoms with Crippen LogP contribution in [0.4, 0.5) is 14.6 Å². The zero-order valence-corrected chi connectivity index (χ0v) is 10.8. The second-order valence-corrected chi connectivity index (χ2v) is 5.57. The largest absolute Gasteiger partial charge is 0.355 e. The van der Waals surface area contributed by atoms with Crippen molar-refractivity contribution in [1.82, 2.24) is 15.3 Å². The molecule has 0 radical (unpaired) electrons. The topological polar surface area (TPSA) is 41.1 Å². The quantitative estimate of drug-likeness (QED) is 0.858. The molecule has 20 heavy (non-hydrogen) atoms. The minimum Gasteiger partial charge on any atom is -0.355 e. The molecule has 3 heterocycles. The Morgan fingerprint density at radius 2 is 1.70 bits per heavy atom. The van der Waals surface area contributed by atoms with Crippen LogP contribution in [0.3, 0.4) is 0 Å². The number of aromatic nitrogens is 2. The summed E-state index contributed by atoms with van der Waals surface area (Å²) >= 11 is 0. The molecule has 0 spiro atoms. The van der Waals surface area contributed by atoms with Crippen molar-refractivity contribution in [2.24, 2.45) is 11.8 Å². The molecular weight excluding hydrogens is 262 g/mol. The first-order valence-electron chi connectivity index (χ1n) is 6.78. The fourth-order valence-corrected chi connectivity index (χ4v) is 3.19. The predicted molar refractivity (Wildman–Crippen MR) is 71.5 cm³/mol. The maximum absolute atomic E-state index is 13.3. The van der Waals surface area contributed by atoms with Gasteiger partial charge in [0.25, 0.3) is 0 Å². The molecule has 1 N–H and O–H groups in total. The summed E-state index contributed by atoms with van der Waals surface area (Å²) in [5.74, 6) is 0.278. The number of anilines is 1. The van der Waals surface area contributed by atoms with Crippen LogP contribution < -0.4 is 10.2 Å². The van der Waals surface area contributed by atoms with Gasteiger partial charge in [0.15, 0.2) is 11.6 Å². The van der Waals surface area contributed by atoms with E-state index in [1.165, 1.54) is 0 Å². The summed E-state index contributed by atoms with van der Waals surface area (Å²) in [6.07, 6.45) is 1.65. The molecule has 2 saturated heterocycles. The van der Waals surface area contributed by atoms with Crippen molar-refractivity contribution in [3.63, 3.8) is 0 Å². The van der Waals surface area contributed by atoms with Crippen LogP contribution in [-0.2, 0) is 0 Å². The van der Waals surface area contributed by atoms with Crippen molar-refractivity contribution >= 4 is 16.9 Å². The van der Waals surface area contributed by atoms with Gasteiger partial charge in [0, 0.05) is 38.3 Å². The van der Waals surface area contributed by atoms with E-state index in [1.54, 1.807) is 6.20 Å². The zero-order valence-electron chi connectivity index (χ0n) is 10.8. The van der Waals surface area contributed by atoms with Crippen molar-refractivity contribution in [3.05, 3.63) is 30.0 Å². The number of fused-ring (bicyclic) bond motifs is 2. The van der Waals surface area contributed by atoms with Crippen LogP contribution in [0.1, 0.15) is 0 Å². The standard InChI is InChI=1S/C14H14F2N4/c15-10-1-12-13(2-11(10)16)19-14(5-18-12)20-6-8-3-17-4-9(8)7-20/h1-2,5,8-9,17H,3-4,6-7H2. The summed E-state index contributed by atoms with van der Waals surface area (Å²) in [6.45, 7) is 3.98. The van der Waals surface area contributed by atoms with E-state index in [0.29, 0.717) is 22.9 Å². The van der Waals surface area contributed by atoms with E-state index in [0.717, 1.165) is 44.1 Å². The van der Waals surface area contributed by atoms with Gasteiger partial charge in [-0.2, -0.15) is 0 Å². The Morgan fingerprint density at radius 3 is 2.40 bits per heavy atom. The Bertz CT molecular complexity index is 664. The number of hydrogen-bond acceptors (Lipinski definition) is 4. The molecule has 0 aliphatic carbocycles. The van der Waals surface area contributed by atoms with Gasteiger partial charge in [-0.1, -0.05) is 0 Å². The molecule has 1 aromatic heterocycles. The van der Waals surface area contributed by atoms with E-state index in [9.17, 15) is 8.78 Å². The highest BCUT2D eigenvalue weighted by atomic mass is 19.2. The van der Waals surface area contributed by atoms with E-state index in [2.05, 4.69) is 20.2 Å². The summed E-state index contributed by atoms with van der Waals surface area (Å²) in [6, 6.07) is 2.20. The molecule has 6 heteroatoms. The Kier molecular flexibility index (Phi) is 2.60. The third kappa shape index (κ3) is 1.83. The summed E-state index contributed by atoms with van der Waals surface area (Å²) in [4.78, 5) is 10.8. The molecule has 2 unspecified atom stereocenters. The first kappa shape index (κ1) is 12.0. The smallest absolute Gasteiger partial charge is 0.161 e. The van der Waals surface area contributed by atoms with Crippen LogP contribution >= 0.6 is 0 Å². The molecule has 2 fully saturated rings. The Morgan fingerprint density at radius 1 is 1.05 bits per heavy atom. The third-order valence-electron chi connectivity index (χ3n) is 4.29. The van der Waals surface area contributed by atoms with Gasteiger partial charge < -0.3 is 10.2 Å². The number of halogens is 2. The molecule has 4 nitrogen and oxygen atoms in total. The van der Waals surface area contributed by atoms with Crippen LogP contribution in [0, 0.1) is 23.5 Å². The first-order valence-corrected chi connectivity index (χ1v) is 6.78. The summed E-state index contributed by atoms with van der Waals surface area (Å²) < 4.78 is 26.4. The van der Waals surface area contributed by atoms with Crippen LogP contribution in [0.5, 0.6) is 0 Å². The summed E-state index contributed by atoms with van der Waals surface area (Å²) in [7, 11) is 0. The minimum absolute atomic E-state index is 0.383. The predicted octanol–water partition coefficient (Wildman–Crippen LogP) is 1.56. The summed E-state index contributed by atoms with van der Waals surface area (Å²) in [5.41, 5.74) is 0.783. The van der Waals surface area contributed by atoms with Crippen LogP contribution in [0.2, 0.25) is 0 Å². The third-order valence-corrected chi connectivity index (χ3v) is 4.29. The molecule has 0 saturated carbocycles. The number of nitrogens with zero attached hydrogens (tertiary/aromatic N) is 3. The van der Waals surface area contributed by atoms with Crippen molar-refractivity contribution in [1.29, 1.82) is 0 Å². The van der Waals surface area contributed by atoms with Gasteiger partial charge in [0.05, 0.1) is 17.2 Å². The molecule has 2 atom stereocenters. The fraction of sp³-hybridized carbons (Fsp3) is 0.429. The molecule has 1 aromatic carbocycles. The van der Waals surface area contributed by atoms with Gasteiger partial charge in [-0.3, -0.25) is 4.98 Å².